The summed E-state index contributed by atoms with van der Waals surface area (Å²) in [5.74, 6) is 1.23. The van der Waals surface area contributed by atoms with Crippen LogP contribution in [0.2, 0.25) is 0 Å². The number of halogens is 1. The van der Waals surface area contributed by atoms with Crippen molar-refractivity contribution in [1.82, 2.24) is 9.97 Å². The summed E-state index contributed by atoms with van der Waals surface area (Å²) in [5.41, 5.74) is 3.54. The van der Waals surface area contributed by atoms with Crippen molar-refractivity contribution in [3.05, 3.63) is 56.2 Å². The van der Waals surface area contributed by atoms with Crippen LogP contribution in [0.15, 0.2) is 54.7 Å². The molecule has 0 atom stereocenters. The van der Waals surface area contributed by atoms with Crippen LogP contribution >= 0.6 is 27.3 Å². The van der Waals surface area contributed by atoms with E-state index < -0.39 is 0 Å². The molecule has 0 unspecified atom stereocenters. The van der Waals surface area contributed by atoms with Gasteiger partial charge in [-0.1, -0.05) is 15.9 Å². The van der Waals surface area contributed by atoms with Gasteiger partial charge in [0.15, 0.2) is 0 Å². The lowest BCUT2D eigenvalue weighted by atomic mass is 10.2. The minimum atomic E-state index is -0.160. The van der Waals surface area contributed by atoms with E-state index in [0.29, 0.717) is 35.7 Å². The van der Waals surface area contributed by atoms with Crippen molar-refractivity contribution in [2.24, 2.45) is 5.10 Å². The number of rotatable bonds is 4. The molecule has 30 heavy (non-hydrogen) atoms. The molecule has 0 amide bonds. The van der Waals surface area contributed by atoms with E-state index in [0.717, 1.165) is 33.6 Å². The summed E-state index contributed by atoms with van der Waals surface area (Å²) in [6.45, 7) is 2.89. The molecule has 10 heteroatoms. The molecule has 0 bridgehead atoms. The number of nitrogens with one attached hydrogen (secondary N) is 1. The summed E-state index contributed by atoms with van der Waals surface area (Å²) in [7, 11) is 0. The Morgan fingerprint density at radius 3 is 2.93 bits per heavy atom. The maximum atomic E-state index is 12.7. The number of ether oxygens (including phenoxy) is 1. The average Bonchev–Trinajstić information content (AvgIpc) is 3.24. The maximum Gasteiger partial charge on any atom is 0.246 e. The number of morpholine rings is 1. The Morgan fingerprint density at radius 1 is 1.20 bits per heavy atom. The number of nitrogens with zero attached hydrogens (tertiary/aromatic N) is 4. The third kappa shape index (κ3) is 3.69. The highest BCUT2D eigenvalue weighted by Crippen LogP contribution is 2.29. The fourth-order valence-electron chi connectivity index (χ4n) is 3.27. The maximum absolute atomic E-state index is 12.7. The molecule has 4 heterocycles. The zero-order valence-electron chi connectivity index (χ0n) is 15.7. The molecule has 5 rings (SSSR count). The van der Waals surface area contributed by atoms with Gasteiger partial charge in [0.2, 0.25) is 11.4 Å². The molecule has 1 aliphatic rings. The number of anilines is 2. The second-order valence-corrected chi connectivity index (χ2v) is 8.45. The third-order valence-electron chi connectivity index (χ3n) is 4.75. The number of hydrogen-bond acceptors (Lipinski definition) is 9. The molecule has 1 fully saturated rings. The van der Waals surface area contributed by atoms with Crippen molar-refractivity contribution in [2.45, 2.75) is 0 Å². The molecule has 4 aromatic rings. The fraction of sp³-hybridized carbons (Fsp3) is 0.200. The van der Waals surface area contributed by atoms with E-state index in [2.05, 4.69) is 41.3 Å². The molecule has 0 aliphatic carbocycles. The second kappa shape index (κ2) is 8.13. The van der Waals surface area contributed by atoms with Crippen molar-refractivity contribution in [1.29, 1.82) is 0 Å². The molecular weight excluding hydrogens is 470 g/mol. The van der Waals surface area contributed by atoms with Gasteiger partial charge in [-0.3, -0.25) is 4.79 Å². The molecule has 0 saturated carbocycles. The van der Waals surface area contributed by atoms with Gasteiger partial charge in [0, 0.05) is 17.6 Å². The fourth-order valence-corrected chi connectivity index (χ4v) is 4.39. The van der Waals surface area contributed by atoms with Gasteiger partial charge in [0.05, 0.1) is 35.8 Å². The Hall–Kier alpha value is -2.82. The molecule has 1 saturated heterocycles. The first-order valence-corrected chi connectivity index (χ1v) is 10.9. The van der Waals surface area contributed by atoms with Gasteiger partial charge in [0.1, 0.15) is 22.5 Å². The van der Waals surface area contributed by atoms with E-state index >= 15 is 0 Å². The lowest BCUT2D eigenvalue weighted by Gasteiger charge is -2.28. The van der Waals surface area contributed by atoms with Crippen LogP contribution < -0.4 is 15.8 Å². The smallest absolute Gasteiger partial charge is 0.246 e. The molecule has 8 nitrogen and oxygen atoms in total. The summed E-state index contributed by atoms with van der Waals surface area (Å²) in [5, 5.41) is 7.66. The van der Waals surface area contributed by atoms with Gasteiger partial charge in [-0.2, -0.15) is 10.1 Å². The first-order valence-electron chi connectivity index (χ1n) is 9.27. The van der Waals surface area contributed by atoms with Gasteiger partial charge >= 0.3 is 0 Å². The number of benzene rings is 1. The first-order chi connectivity index (χ1) is 14.7. The number of aromatic nitrogens is 2. The van der Waals surface area contributed by atoms with Crippen LogP contribution in [-0.2, 0) is 4.74 Å². The van der Waals surface area contributed by atoms with Crippen LogP contribution in [0.25, 0.3) is 21.2 Å². The summed E-state index contributed by atoms with van der Waals surface area (Å²) < 4.78 is 11.8. The van der Waals surface area contributed by atoms with E-state index in [4.69, 9.17) is 9.15 Å². The minimum Gasteiger partial charge on any atom is -0.463 e. The van der Waals surface area contributed by atoms with Crippen LogP contribution in [0.4, 0.5) is 11.8 Å². The number of hydrogen-bond donors (Lipinski definition) is 1. The molecule has 1 aliphatic heterocycles. The van der Waals surface area contributed by atoms with Crippen LogP contribution in [0.5, 0.6) is 0 Å². The summed E-state index contributed by atoms with van der Waals surface area (Å²) >= 11 is 4.92. The largest absolute Gasteiger partial charge is 0.463 e. The zero-order chi connectivity index (χ0) is 20.5. The lowest BCUT2D eigenvalue weighted by Crippen LogP contribution is -2.37. The molecule has 152 valence electrons. The van der Waals surface area contributed by atoms with E-state index in [9.17, 15) is 4.79 Å². The van der Waals surface area contributed by atoms with Crippen molar-refractivity contribution in [3.8, 4) is 0 Å². The number of fused-ring (bicyclic) bond motifs is 2. The summed E-state index contributed by atoms with van der Waals surface area (Å²) in [6.07, 6.45) is 2.81. The van der Waals surface area contributed by atoms with E-state index in [1.807, 2.05) is 17.5 Å². The van der Waals surface area contributed by atoms with Crippen molar-refractivity contribution in [2.75, 3.05) is 36.6 Å². The average molecular weight is 486 g/mol. The molecule has 3 aromatic heterocycles. The summed E-state index contributed by atoms with van der Waals surface area (Å²) in [4.78, 5) is 24.9. The van der Waals surface area contributed by atoms with Crippen LogP contribution in [0.3, 0.4) is 0 Å². The number of hydrazone groups is 1. The molecule has 0 radical (unpaired) electrons. The lowest BCUT2D eigenvalue weighted by molar-refractivity contribution is 0.122. The molecular formula is C20H16BrN5O3S. The number of thiophene rings is 1. The first kappa shape index (κ1) is 19.2. The zero-order valence-corrected chi connectivity index (χ0v) is 18.1. The SMILES string of the molecule is O=c1c(/C=N/Nc2nc(N3CCOCC3)c3ccsc3n2)coc2ccc(Br)cc12. The standard InChI is InChI=1S/C20H16BrN5O3S/c21-13-1-2-16-15(9-13)17(27)12(11-29-16)10-22-25-20-23-18(26-4-6-28-7-5-26)14-3-8-30-19(14)24-20/h1-3,8-11H,4-7H2,(H,23,24,25)/b22-10+. The highest BCUT2D eigenvalue weighted by Gasteiger charge is 2.18. The van der Waals surface area contributed by atoms with Crippen LogP contribution in [0.1, 0.15) is 5.56 Å². The molecule has 1 aromatic carbocycles. The Bertz CT molecular complexity index is 1310. The second-order valence-electron chi connectivity index (χ2n) is 6.64. The highest BCUT2D eigenvalue weighted by molar-refractivity contribution is 9.10. The Labute approximate surface area is 183 Å². The quantitative estimate of drug-likeness (QED) is 0.346. The predicted molar refractivity (Wildman–Crippen MR) is 122 cm³/mol. The van der Waals surface area contributed by atoms with Gasteiger partial charge in [-0.05, 0) is 29.6 Å². The normalized spacial score (nSPS) is 14.8. The third-order valence-corrected chi connectivity index (χ3v) is 6.04. The molecule has 0 spiro atoms. The Balaban J connectivity index is 1.44. The van der Waals surface area contributed by atoms with Crippen LogP contribution in [0, 0.1) is 0 Å². The van der Waals surface area contributed by atoms with Gasteiger partial charge < -0.3 is 14.1 Å². The van der Waals surface area contributed by atoms with Crippen molar-refractivity contribution >= 4 is 66.4 Å². The van der Waals surface area contributed by atoms with Gasteiger partial charge in [-0.25, -0.2) is 10.4 Å². The Morgan fingerprint density at radius 2 is 2.07 bits per heavy atom. The predicted octanol–water partition coefficient (Wildman–Crippen LogP) is 3.84. The van der Waals surface area contributed by atoms with E-state index in [1.54, 1.807) is 23.5 Å². The summed E-state index contributed by atoms with van der Waals surface area (Å²) in [6, 6.07) is 7.33. The van der Waals surface area contributed by atoms with Crippen LogP contribution in [-0.4, -0.2) is 42.5 Å². The minimum absolute atomic E-state index is 0.160. The monoisotopic (exact) mass is 485 g/mol. The molecule has 1 N–H and O–H groups in total. The Kier molecular flexibility index (Phi) is 5.19. The van der Waals surface area contributed by atoms with E-state index in [-0.39, 0.29) is 5.43 Å². The van der Waals surface area contributed by atoms with E-state index in [1.165, 1.54) is 12.5 Å². The topological polar surface area (TPSA) is 92.9 Å². The highest BCUT2D eigenvalue weighted by atomic mass is 79.9. The van der Waals surface area contributed by atoms with Crippen molar-refractivity contribution < 1.29 is 9.15 Å². The van der Waals surface area contributed by atoms with Crippen molar-refractivity contribution in [3.63, 3.8) is 0 Å². The van der Waals surface area contributed by atoms with Gasteiger partial charge in [0.25, 0.3) is 0 Å². The van der Waals surface area contributed by atoms with Gasteiger partial charge in [-0.15, -0.1) is 11.3 Å².